The summed E-state index contributed by atoms with van der Waals surface area (Å²) in [4.78, 5) is 42.5. The first-order valence-electron chi connectivity index (χ1n) is 12.9. The number of thioether (sulfide) groups is 1. The molecule has 0 saturated carbocycles. The normalized spacial score (nSPS) is 21.1. The van der Waals surface area contributed by atoms with Crippen molar-refractivity contribution in [1.29, 1.82) is 0 Å². The third kappa shape index (κ3) is 4.35. The minimum atomic E-state index is -4.72. The van der Waals surface area contributed by atoms with Crippen LogP contribution < -0.4 is 16.3 Å². The van der Waals surface area contributed by atoms with Crippen LogP contribution in [0.4, 0.5) is 24.9 Å². The van der Waals surface area contributed by atoms with E-state index in [1.165, 1.54) is 39.9 Å². The second-order valence-corrected chi connectivity index (χ2v) is 12.4. The first-order valence-corrected chi connectivity index (χ1v) is 14.8. The fraction of sp³-hybridized carbons (Fsp3) is 0.370. The number of piperazine rings is 1. The number of rotatable bonds is 3. The van der Waals surface area contributed by atoms with Crippen LogP contribution in [0.15, 0.2) is 40.0 Å². The third-order valence-corrected chi connectivity index (χ3v) is 9.85. The Hall–Kier alpha value is -3.65. The van der Waals surface area contributed by atoms with Crippen molar-refractivity contribution < 1.29 is 18.0 Å². The van der Waals surface area contributed by atoms with E-state index < -0.39 is 17.4 Å². The molecule has 2 aliphatic rings. The Balaban J connectivity index is 1.66. The fourth-order valence-electron chi connectivity index (χ4n) is 5.97. The van der Waals surface area contributed by atoms with Crippen LogP contribution in [0.25, 0.3) is 32.2 Å². The van der Waals surface area contributed by atoms with Crippen LogP contribution in [-0.4, -0.2) is 61.3 Å². The van der Waals surface area contributed by atoms with Gasteiger partial charge in [-0.1, -0.05) is 6.58 Å². The number of thiophene rings is 1. The molecular weight excluding hydrogens is 575 g/mol. The van der Waals surface area contributed by atoms with Gasteiger partial charge in [-0.25, -0.2) is 14.8 Å². The molecule has 2 N–H and O–H groups in total. The lowest BCUT2D eigenvalue weighted by Crippen LogP contribution is -2.58. The lowest BCUT2D eigenvalue weighted by Gasteiger charge is -2.45. The predicted molar refractivity (Wildman–Crippen MR) is 155 cm³/mol. The van der Waals surface area contributed by atoms with Gasteiger partial charge in [0.25, 0.3) is 0 Å². The summed E-state index contributed by atoms with van der Waals surface area (Å²) in [5.41, 5.74) is 5.46. The highest BCUT2D eigenvalue weighted by Crippen LogP contribution is 2.51. The standard InChI is InChI=1S/C27H26F3N7O2S2/c1-5-19(38)36-12(2)8-35(9-13(36)3)24-15-6-17(27(28,29)30)20(16-11-40-18-7-32-25(31)33-21(16)18)23-22(15)37(26(39)34-24)14(4)10-41-23/h5-7,11-14H,1,8-10H2,2-4H3,(H2,31,32,33)/t12-,13+,14?. The molecule has 14 heteroatoms. The lowest BCUT2D eigenvalue weighted by molar-refractivity contribution is -0.137. The number of nitrogens with zero attached hydrogens (tertiary/aromatic N) is 6. The number of amides is 1. The molecule has 1 amide bonds. The molecule has 4 aromatic rings. The summed E-state index contributed by atoms with van der Waals surface area (Å²) < 4.78 is 46.8. The summed E-state index contributed by atoms with van der Waals surface area (Å²) in [6.45, 7) is 9.73. The van der Waals surface area contributed by atoms with Crippen molar-refractivity contribution in [3.05, 3.63) is 46.3 Å². The summed E-state index contributed by atoms with van der Waals surface area (Å²) in [7, 11) is 0. The van der Waals surface area contributed by atoms with Gasteiger partial charge in [0.15, 0.2) is 0 Å². The lowest BCUT2D eigenvalue weighted by atomic mass is 9.96. The number of anilines is 2. The van der Waals surface area contributed by atoms with Crippen molar-refractivity contribution in [3.63, 3.8) is 0 Å². The smallest absolute Gasteiger partial charge is 0.368 e. The van der Waals surface area contributed by atoms with Gasteiger partial charge in [-0.05, 0) is 32.9 Å². The largest absolute Gasteiger partial charge is 0.417 e. The number of aromatic nitrogens is 4. The Labute approximate surface area is 240 Å². The van der Waals surface area contributed by atoms with E-state index in [1.54, 1.807) is 10.3 Å². The van der Waals surface area contributed by atoms with Crippen molar-refractivity contribution in [2.45, 2.75) is 50.0 Å². The van der Waals surface area contributed by atoms with E-state index in [0.717, 1.165) is 6.07 Å². The van der Waals surface area contributed by atoms with Gasteiger partial charge in [-0.2, -0.15) is 18.2 Å². The van der Waals surface area contributed by atoms with Crippen molar-refractivity contribution >= 4 is 61.9 Å². The molecule has 0 spiro atoms. The molecule has 9 nitrogen and oxygen atoms in total. The summed E-state index contributed by atoms with van der Waals surface area (Å²) in [5, 5.41) is 1.87. The number of fused-ring (bicyclic) bond motifs is 1. The molecule has 1 saturated heterocycles. The monoisotopic (exact) mass is 601 g/mol. The molecule has 2 aliphatic heterocycles. The molecule has 214 valence electrons. The Morgan fingerprint density at radius 2 is 1.88 bits per heavy atom. The molecule has 1 aromatic carbocycles. The number of halogens is 3. The highest BCUT2D eigenvalue weighted by Gasteiger charge is 2.40. The van der Waals surface area contributed by atoms with Crippen LogP contribution in [0.5, 0.6) is 0 Å². The zero-order chi connectivity index (χ0) is 29.4. The van der Waals surface area contributed by atoms with E-state index in [4.69, 9.17) is 5.73 Å². The molecule has 0 aliphatic carbocycles. The second kappa shape index (κ2) is 9.72. The third-order valence-electron chi connectivity index (χ3n) is 7.61. The van der Waals surface area contributed by atoms with Crippen molar-refractivity contribution in [2.75, 3.05) is 29.5 Å². The van der Waals surface area contributed by atoms with E-state index in [-0.39, 0.29) is 46.7 Å². The highest BCUT2D eigenvalue weighted by molar-refractivity contribution is 7.99. The Bertz CT molecular complexity index is 1790. The number of hydrogen-bond donors (Lipinski definition) is 1. The van der Waals surface area contributed by atoms with E-state index in [0.29, 0.717) is 45.0 Å². The first-order chi connectivity index (χ1) is 19.4. The van der Waals surface area contributed by atoms with Crippen LogP contribution in [0.3, 0.4) is 0 Å². The average Bonchev–Trinajstić information content (AvgIpc) is 3.32. The molecular formula is C27H26F3N7O2S2. The van der Waals surface area contributed by atoms with Crippen LogP contribution in [0.1, 0.15) is 32.4 Å². The van der Waals surface area contributed by atoms with E-state index >= 15 is 0 Å². The van der Waals surface area contributed by atoms with Gasteiger partial charge in [-0.15, -0.1) is 23.1 Å². The average molecular weight is 602 g/mol. The quantitative estimate of drug-likeness (QED) is 0.329. The summed E-state index contributed by atoms with van der Waals surface area (Å²) in [6, 6.07) is 0.252. The summed E-state index contributed by atoms with van der Waals surface area (Å²) in [5.74, 6) is 0.311. The number of benzene rings is 1. The molecule has 3 atom stereocenters. The maximum Gasteiger partial charge on any atom is 0.417 e. The Kier molecular flexibility index (Phi) is 6.53. The van der Waals surface area contributed by atoms with E-state index in [9.17, 15) is 22.8 Å². The van der Waals surface area contributed by atoms with Crippen LogP contribution in [-0.2, 0) is 11.0 Å². The molecule has 5 heterocycles. The Morgan fingerprint density at radius 1 is 1.17 bits per heavy atom. The maximum atomic E-state index is 14.9. The Morgan fingerprint density at radius 3 is 2.54 bits per heavy atom. The molecule has 0 radical (unpaired) electrons. The van der Waals surface area contributed by atoms with Gasteiger partial charge in [0.1, 0.15) is 5.82 Å². The van der Waals surface area contributed by atoms with Crippen LogP contribution in [0, 0.1) is 0 Å². The minimum Gasteiger partial charge on any atom is -0.368 e. The van der Waals surface area contributed by atoms with Crippen molar-refractivity contribution in [2.24, 2.45) is 0 Å². The van der Waals surface area contributed by atoms with Gasteiger partial charge < -0.3 is 15.5 Å². The predicted octanol–water partition coefficient (Wildman–Crippen LogP) is 4.95. The van der Waals surface area contributed by atoms with E-state index in [2.05, 4.69) is 21.5 Å². The number of carbonyl (C=O) groups excluding carboxylic acids is 1. The summed E-state index contributed by atoms with van der Waals surface area (Å²) >= 11 is 2.52. The van der Waals surface area contributed by atoms with Gasteiger partial charge in [0.05, 0.1) is 27.5 Å². The molecule has 1 fully saturated rings. The van der Waals surface area contributed by atoms with Crippen molar-refractivity contribution in [3.8, 4) is 11.1 Å². The molecule has 41 heavy (non-hydrogen) atoms. The number of hydrogen-bond acceptors (Lipinski definition) is 9. The van der Waals surface area contributed by atoms with Gasteiger partial charge in [0, 0.05) is 63.8 Å². The SMILES string of the molecule is C=CC(=O)N1[C@H](C)CN(c2nc(=O)n3c4c(c(-c5csc6cnc(N)nc56)c(C(F)(F)F)cc24)SCC3C)C[C@@H]1C. The fourth-order valence-corrected chi connectivity index (χ4v) is 8.09. The first kappa shape index (κ1) is 27.5. The molecule has 3 aromatic heterocycles. The second-order valence-electron chi connectivity index (χ2n) is 10.4. The van der Waals surface area contributed by atoms with E-state index in [1.807, 2.05) is 25.7 Å². The number of alkyl halides is 3. The topological polar surface area (TPSA) is 110 Å². The molecule has 0 bridgehead atoms. The summed E-state index contributed by atoms with van der Waals surface area (Å²) in [6.07, 6.45) is -1.97. The maximum absolute atomic E-state index is 14.9. The highest BCUT2D eigenvalue weighted by atomic mass is 32.2. The van der Waals surface area contributed by atoms with Gasteiger partial charge in [-0.3, -0.25) is 9.36 Å². The van der Waals surface area contributed by atoms with Gasteiger partial charge >= 0.3 is 11.9 Å². The van der Waals surface area contributed by atoms with Crippen LogP contribution in [0.2, 0.25) is 0 Å². The zero-order valence-electron chi connectivity index (χ0n) is 22.4. The minimum absolute atomic E-state index is 0.0281. The van der Waals surface area contributed by atoms with Crippen LogP contribution >= 0.6 is 23.1 Å². The van der Waals surface area contributed by atoms with Crippen molar-refractivity contribution in [1.82, 2.24) is 24.4 Å². The number of carbonyl (C=O) groups is 1. The van der Waals surface area contributed by atoms with Gasteiger partial charge in [0.2, 0.25) is 11.9 Å². The molecule has 6 rings (SSSR count). The zero-order valence-corrected chi connectivity index (χ0v) is 24.0. The number of nitrogen functional groups attached to an aromatic ring is 1. The molecule has 1 unspecified atom stereocenters. The number of nitrogens with two attached hydrogens (primary N) is 1.